The highest BCUT2D eigenvalue weighted by Crippen LogP contribution is 2.30. The minimum atomic E-state index is 0.389. The Morgan fingerprint density at radius 3 is 3.11 bits per heavy atom. The van der Waals surface area contributed by atoms with Crippen molar-refractivity contribution in [3.05, 3.63) is 21.8 Å². The minimum Gasteiger partial charge on any atom is -0.419 e. The molecule has 0 spiro atoms. The molecule has 3 rings (SSSR count). The quantitative estimate of drug-likeness (QED) is 0.857. The summed E-state index contributed by atoms with van der Waals surface area (Å²) >= 11 is 5.02. The zero-order chi connectivity index (χ0) is 13.2. The van der Waals surface area contributed by atoms with Gasteiger partial charge < -0.3 is 9.15 Å². The summed E-state index contributed by atoms with van der Waals surface area (Å²) in [5, 5.41) is 8.23. The van der Waals surface area contributed by atoms with E-state index in [0.29, 0.717) is 24.4 Å². The van der Waals surface area contributed by atoms with Crippen molar-refractivity contribution in [1.29, 1.82) is 0 Å². The van der Waals surface area contributed by atoms with Gasteiger partial charge in [0.05, 0.1) is 28.4 Å². The van der Waals surface area contributed by atoms with E-state index >= 15 is 0 Å². The third-order valence-corrected chi connectivity index (χ3v) is 4.71. The maximum Gasteiger partial charge on any atom is 0.257 e. The van der Waals surface area contributed by atoms with Crippen LogP contribution in [0, 0.1) is 0 Å². The molecule has 5 nitrogen and oxygen atoms in total. The third kappa shape index (κ3) is 3.05. The summed E-state index contributed by atoms with van der Waals surface area (Å²) in [4.78, 5) is 3.28. The molecule has 1 saturated heterocycles. The number of halogens is 1. The van der Waals surface area contributed by atoms with Crippen LogP contribution in [-0.2, 0) is 11.3 Å². The van der Waals surface area contributed by atoms with Gasteiger partial charge in [-0.2, -0.15) is 0 Å². The molecule has 3 heterocycles. The molecule has 0 aromatic carbocycles. The largest absolute Gasteiger partial charge is 0.419 e. The molecule has 7 heteroatoms. The average Bonchev–Trinajstić information content (AvgIpc) is 3.01. The Morgan fingerprint density at radius 1 is 1.47 bits per heavy atom. The second-order valence-corrected chi connectivity index (χ2v) is 6.96. The van der Waals surface area contributed by atoms with E-state index < -0.39 is 0 Å². The lowest BCUT2D eigenvalue weighted by atomic mass is 10.2. The van der Waals surface area contributed by atoms with Crippen LogP contribution in [0.4, 0.5) is 0 Å². The molecule has 0 saturated carbocycles. The van der Waals surface area contributed by atoms with Gasteiger partial charge in [0.15, 0.2) is 0 Å². The molecule has 2 aromatic rings. The number of hydrogen-bond donors (Lipinski definition) is 0. The summed E-state index contributed by atoms with van der Waals surface area (Å²) in [5.74, 6) is 1.25. The molecule has 2 aromatic heterocycles. The Morgan fingerprint density at radius 2 is 2.37 bits per heavy atom. The van der Waals surface area contributed by atoms with E-state index in [-0.39, 0.29) is 0 Å². The SMILES string of the molecule is C[C@H]1COCCN1Cc1nnc(-c2ccc(Br)s2)o1. The maximum absolute atomic E-state index is 5.72. The van der Waals surface area contributed by atoms with Gasteiger partial charge in [0.1, 0.15) is 0 Å². The molecule has 0 amide bonds. The van der Waals surface area contributed by atoms with Gasteiger partial charge in [-0.05, 0) is 35.0 Å². The number of morpholine rings is 1. The van der Waals surface area contributed by atoms with E-state index in [2.05, 4.69) is 38.0 Å². The number of ether oxygens (including phenoxy) is 1. The van der Waals surface area contributed by atoms with Crippen molar-refractivity contribution in [2.24, 2.45) is 0 Å². The minimum absolute atomic E-state index is 0.389. The zero-order valence-electron chi connectivity index (χ0n) is 10.5. The summed E-state index contributed by atoms with van der Waals surface area (Å²) in [6, 6.07) is 4.34. The molecule has 0 N–H and O–H groups in total. The van der Waals surface area contributed by atoms with Crippen LogP contribution in [0.3, 0.4) is 0 Å². The monoisotopic (exact) mass is 343 g/mol. The summed E-state index contributed by atoms with van der Waals surface area (Å²) in [7, 11) is 0. The number of aromatic nitrogens is 2. The molecule has 1 atom stereocenters. The van der Waals surface area contributed by atoms with Crippen LogP contribution in [0.5, 0.6) is 0 Å². The molecule has 0 aliphatic carbocycles. The van der Waals surface area contributed by atoms with Crippen LogP contribution in [-0.4, -0.2) is 40.9 Å². The fraction of sp³-hybridized carbons (Fsp3) is 0.500. The predicted octanol–water partition coefficient (Wildman–Crippen LogP) is 2.78. The van der Waals surface area contributed by atoms with Gasteiger partial charge in [-0.15, -0.1) is 21.5 Å². The summed E-state index contributed by atoms with van der Waals surface area (Å²) in [6.07, 6.45) is 0. The first-order valence-electron chi connectivity index (χ1n) is 6.12. The molecule has 1 fully saturated rings. The van der Waals surface area contributed by atoms with Gasteiger partial charge in [-0.25, -0.2) is 0 Å². The van der Waals surface area contributed by atoms with Crippen molar-refractivity contribution in [3.8, 4) is 10.8 Å². The van der Waals surface area contributed by atoms with E-state index in [1.807, 2.05) is 12.1 Å². The van der Waals surface area contributed by atoms with E-state index in [9.17, 15) is 0 Å². The highest BCUT2D eigenvalue weighted by atomic mass is 79.9. The van der Waals surface area contributed by atoms with Crippen LogP contribution in [0.25, 0.3) is 10.8 Å². The maximum atomic E-state index is 5.72. The van der Waals surface area contributed by atoms with Crippen molar-refractivity contribution < 1.29 is 9.15 Å². The molecule has 0 unspecified atom stereocenters. The van der Waals surface area contributed by atoms with Crippen molar-refractivity contribution in [2.75, 3.05) is 19.8 Å². The molecule has 0 radical (unpaired) electrons. The first-order valence-corrected chi connectivity index (χ1v) is 7.73. The predicted molar refractivity (Wildman–Crippen MR) is 76.0 cm³/mol. The Labute approximate surface area is 123 Å². The summed E-state index contributed by atoms with van der Waals surface area (Å²) in [6.45, 7) is 5.27. The van der Waals surface area contributed by atoms with Crippen molar-refractivity contribution in [3.63, 3.8) is 0 Å². The van der Waals surface area contributed by atoms with Gasteiger partial charge in [0.2, 0.25) is 5.89 Å². The topological polar surface area (TPSA) is 51.4 Å². The van der Waals surface area contributed by atoms with Gasteiger partial charge in [0, 0.05) is 12.6 Å². The summed E-state index contributed by atoms with van der Waals surface area (Å²) in [5.41, 5.74) is 0. The van der Waals surface area contributed by atoms with Crippen molar-refractivity contribution in [2.45, 2.75) is 19.5 Å². The number of thiophene rings is 1. The fourth-order valence-electron chi connectivity index (χ4n) is 2.02. The number of nitrogens with zero attached hydrogens (tertiary/aromatic N) is 3. The third-order valence-electron chi connectivity index (χ3n) is 3.09. The zero-order valence-corrected chi connectivity index (χ0v) is 12.9. The smallest absolute Gasteiger partial charge is 0.257 e. The Balaban J connectivity index is 1.71. The van der Waals surface area contributed by atoms with E-state index in [0.717, 1.165) is 28.4 Å². The first kappa shape index (κ1) is 13.2. The molecule has 0 bridgehead atoms. The Kier molecular flexibility index (Phi) is 3.97. The van der Waals surface area contributed by atoms with E-state index in [1.165, 1.54) is 0 Å². The lowest BCUT2D eigenvalue weighted by Crippen LogP contribution is -2.42. The van der Waals surface area contributed by atoms with E-state index in [4.69, 9.17) is 9.15 Å². The van der Waals surface area contributed by atoms with Crippen molar-refractivity contribution in [1.82, 2.24) is 15.1 Å². The van der Waals surface area contributed by atoms with Crippen LogP contribution in [0.15, 0.2) is 20.3 Å². The van der Waals surface area contributed by atoms with E-state index in [1.54, 1.807) is 11.3 Å². The Hall–Kier alpha value is -0.760. The molecular formula is C12H14BrN3O2S. The standard InChI is InChI=1S/C12H14BrN3O2S/c1-8-7-17-5-4-16(8)6-11-14-15-12(18-11)9-2-3-10(13)19-9/h2-3,8H,4-7H2,1H3/t8-/m0/s1. The highest BCUT2D eigenvalue weighted by molar-refractivity contribution is 9.11. The number of hydrogen-bond acceptors (Lipinski definition) is 6. The van der Waals surface area contributed by atoms with Gasteiger partial charge in [0.25, 0.3) is 5.89 Å². The highest BCUT2D eigenvalue weighted by Gasteiger charge is 2.21. The van der Waals surface area contributed by atoms with Crippen LogP contribution < -0.4 is 0 Å². The molecule has 19 heavy (non-hydrogen) atoms. The lowest BCUT2D eigenvalue weighted by molar-refractivity contribution is -0.00777. The fourth-order valence-corrected chi connectivity index (χ4v) is 3.32. The molecule has 102 valence electrons. The molecular weight excluding hydrogens is 330 g/mol. The van der Waals surface area contributed by atoms with Crippen LogP contribution >= 0.6 is 27.3 Å². The first-order chi connectivity index (χ1) is 9.22. The summed E-state index contributed by atoms with van der Waals surface area (Å²) < 4.78 is 12.2. The van der Waals surface area contributed by atoms with Gasteiger partial charge >= 0.3 is 0 Å². The van der Waals surface area contributed by atoms with Crippen LogP contribution in [0.2, 0.25) is 0 Å². The second-order valence-electron chi connectivity index (χ2n) is 4.50. The van der Waals surface area contributed by atoms with Crippen molar-refractivity contribution >= 4 is 27.3 Å². The average molecular weight is 344 g/mol. The van der Waals surface area contributed by atoms with Gasteiger partial charge in [-0.1, -0.05) is 0 Å². The van der Waals surface area contributed by atoms with Gasteiger partial charge in [-0.3, -0.25) is 4.90 Å². The second kappa shape index (κ2) is 5.70. The van der Waals surface area contributed by atoms with Crippen LogP contribution in [0.1, 0.15) is 12.8 Å². The normalized spacial score (nSPS) is 20.8. The lowest BCUT2D eigenvalue weighted by Gasteiger charge is -2.31. The molecule has 1 aliphatic rings. The Bertz CT molecular complexity index is 557. The number of rotatable bonds is 3. The molecule has 1 aliphatic heterocycles.